The minimum Gasteiger partial charge on any atom is -0.504 e. The fourth-order valence-electron chi connectivity index (χ4n) is 6.40. The number of Topliss-reactive ketones (excluding diaryl/α,β-unsaturated/α-hetero) is 1. The molecular formula is C19H23NO4. The second kappa shape index (κ2) is 4.52. The molecule has 3 aliphatic carbocycles. The molecule has 2 saturated carbocycles. The van der Waals surface area contributed by atoms with Gasteiger partial charge in [-0.25, -0.2) is 0 Å². The fourth-order valence-corrected chi connectivity index (χ4v) is 6.40. The van der Waals surface area contributed by atoms with Crippen molar-refractivity contribution in [1.82, 2.24) is 4.90 Å². The quantitative estimate of drug-likeness (QED) is 0.755. The van der Waals surface area contributed by atoms with Crippen LogP contribution in [0.15, 0.2) is 36.3 Å². The Labute approximate surface area is 141 Å². The zero-order valence-electron chi connectivity index (χ0n) is 13.6. The van der Waals surface area contributed by atoms with Crippen molar-refractivity contribution in [2.45, 2.75) is 43.4 Å². The predicted molar refractivity (Wildman–Crippen MR) is 87.1 cm³/mol. The van der Waals surface area contributed by atoms with E-state index in [4.69, 9.17) is 4.74 Å². The molecule has 6 atom stereocenters. The summed E-state index contributed by atoms with van der Waals surface area (Å²) < 4.78 is 6.04. The maximum atomic E-state index is 12.7. The van der Waals surface area contributed by atoms with Crippen molar-refractivity contribution in [3.63, 3.8) is 0 Å². The molecule has 5 nitrogen and oxygen atoms in total. The van der Waals surface area contributed by atoms with Gasteiger partial charge in [-0.3, -0.25) is 9.69 Å². The number of allylic oxidation sites excluding steroid dienone is 3. The smallest absolute Gasteiger partial charge is 0.174 e. The van der Waals surface area contributed by atoms with Crippen LogP contribution in [0.5, 0.6) is 0 Å². The summed E-state index contributed by atoms with van der Waals surface area (Å²) in [6, 6.07) is 0.00828. The normalized spacial score (nSPS) is 49.0. The molecule has 1 spiro atoms. The second-order valence-corrected chi connectivity index (χ2v) is 7.96. The number of carbonyl (C=O) groups is 1. The Balaban J connectivity index is 1.72. The van der Waals surface area contributed by atoms with E-state index in [2.05, 4.69) is 11.5 Å². The third-order valence-corrected chi connectivity index (χ3v) is 7.25. The lowest BCUT2D eigenvalue weighted by atomic mass is 9.44. The van der Waals surface area contributed by atoms with Gasteiger partial charge < -0.3 is 14.9 Å². The molecule has 2 N–H and O–H groups in total. The molecule has 0 radical (unpaired) electrons. The number of aliphatic hydroxyl groups excluding tert-OH is 1. The highest BCUT2D eigenvalue weighted by atomic mass is 16.5. The highest BCUT2D eigenvalue weighted by molar-refractivity contribution is 5.87. The van der Waals surface area contributed by atoms with Gasteiger partial charge in [0, 0.05) is 24.9 Å². The van der Waals surface area contributed by atoms with Crippen LogP contribution < -0.4 is 0 Å². The molecule has 2 aliphatic heterocycles. The van der Waals surface area contributed by atoms with E-state index in [1.54, 1.807) is 6.08 Å². The molecule has 2 saturated heterocycles. The molecule has 2 unspecified atom stereocenters. The number of ketones is 1. The van der Waals surface area contributed by atoms with Gasteiger partial charge in [0.15, 0.2) is 17.6 Å². The van der Waals surface area contributed by atoms with Gasteiger partial charge in [-0.1, -0.05) is 12.2 Å². The van der Waals surface area contributed by atoms with Crippen LogP contribution in [0.3, 0.4) is 0 Å². The van der Waals surface area contributed by atoms with Crippen molar-refractivity contribution >= 4 is 5.78 Å². The van der Waals surface area contributed by atoms with Gasteiger partial charge in [0.1, 0.15) is 5.76 Å². The van der Waals surface area contributed by atoms with Crippen molar-refractivity contribution in [3.8, 4) is 0 Å². The molecule has 0 aromatic rings. The molecule has 2 bridgehead atoms. The Kier molecular flexibility index (Phi) is 2.78. The summed E-state index contributed by atoms with van der Waals surface area (Å²) in [6.45, 7) is 5.43. The molecule has 5 aliphatic rings. The first-order chi connectivity index (χ1) is 11.5. The van der Waals surface area contributed by atoms with Crippen LogP contribution in [0.2, 0.25) is 0 Å². The van der Waals surface area contributed by atoms with Crippen LogP contribution in [0.4, 0.5) is 0 Å². The summed E-state index contributed by atoms with van der Waals surface area (Å²) >= 11 is 0. The van der Waals surface area contributed by atoms with E-state index in [1.807, 2.05) is 12.2 Å². The Morgan fingerprint density at radius 3 is 3.08 bits per heavy atom. The molecule has 0 aromatic heterocycles. The number of likely N-dealkylation sites (tertiary alicyclic amines) is 1. The first kappa shape index (κ1) is 14.7. The average molecular weight is 329 g/mol. The predicted octanol–water partition coefficient (Wildman–Crippen LogP) is 1.70. The average Bonchev–Trinajstić information content (AvgIpc) is 2.91. The molecule has 0 amide bonds. The zero-order chi connectivity index (χ0) is 16.7. The van der Waals surface area contributed by atoms with Crippen LogP contribution in [0.1, 0.15) is 25.7 Å². The van der Waals surface area contributed by atoms with Crippen molar-refractivity contribution in [1.29, 1.82) is 0 Å². The lowest BCUT2D eigenvalue weighted by molar-refractivity contribution is -0.242. The second-order valence-electron chi connectivity index (χ2n) is 7.96. The van der Waals surface area contributed by atoms with Crippen LogP contribution in [0.25, 0.3) is 0 Å². The number of nitrogens with zero attached hydrogens (tertiary/aromatic N) is 1. The largest absolute Gasteiger partial charge is 0.504 e. The molecule has 2 heterocycles. The van der Waals surface area contributed by atoms with Crippen LogP contribution in [-0.4, -0.2) is 51.7 Å². The summed E-state index contributed by atoms with van der Waals surface area (Å²) in [5, 5.41) is 22.2. The van der Waals surface area contributed by atoms with E-state index >= 15 is 0 Å². The van der Waals surface area contributed by atoms with Gasteiger partial charge in [0.2, 0.25) is 0 Å². The fraction of sp³-hybridized carbons (Fsp3) is 0.632. The Morgan fingerprint density at radius 2 is 2.29 bits per heavy atom. The van der Waals surface area contributed by atoms with Crippen molar-refractivity contribution in [3.05, 3.63) is 36.3 Å². The van der Waals surface area contributed by atoms with Gasteiger partial charge >= 0.3 is 0 Å². The Bertz CT molecular complexity index is 697. The van der Waals surface area contributed by atoms with E-state index in [-0.39, 0.29) is 29.4 Å². The first-order valence-corrected chi connectivity index (χ1v) is 8.91. The monoisotopic (exact) mass is 329 g/mol. The number of carbonyl (C=O) groups excluding carboxylic acids is 1. The third-order valence-electron chi connectivity index (χ3n) is 7.25. The van der Waals surface area contributed by atoms with E-state index < -0.39 is 17.1 Å². The van der Waals surface area contributed by atoms with Crippen molar-refractivity contribution in [2.75, 3.05) is 13.1 Å². The minimum absolute atomic E-state index is 0.00828. The molecule has 24 heavy (non-hydrogen) atoms. The summed E-state index contributed by atoms with van der Waals surface area (Å²) in [7, 11) is 0. The molecule has 4 fully saturated rings. The molecule has 5 heteroatoms. The first-order valence-electron chi connectivity index (χ1n) is 8.91. The maximum absolute atomic E-state index is 12.7. The van der Waals surface area contributed by atoms with Gasteiger partial charge in [0.05, 0.1) is 11.0 Å². The number of rotatable bonds is 2. The number of ether oxygens (including phenoxy) is 1. The number of aliphatic hydroxyl groups is 2. The Hall–Kier alpha value is -1.59. The van der Waals surface area contributed by atoms with E-state index in [0.29, 0.717) is 18.6 Å². The minimum atomic E-state index is -0.943. The van der Waals surface area contributed by atoms with Crippen molar-refractivity contribution < 1.29 is 19.7 Å². The van der Waals surface area contributed by atoms with Crippen molar-refractivity contribution in [2.24, 2.45) is 17.3 Å². The topological polar surface area (TPSA) is 70.0 Å². The van der Waals surface area contributed by atoms with Gasteiger partial charge in [-0.2, -0.15) is 0 Å². The highest BCUT2D eigenvalue weighted by Crippen LogP contribution is 2.69. The zero-order valence-corrected chi connectivity index (χ0v) is 13.6. The number of piperidine rings is 1. The van der Waals surface area contributed by atoms with Crippen LogP contribution in [-0.2, 0) is 9.53 Å². The van der Waals surface area contributed by atoms with Crippen LogP contribution >= 0.6 is 0 Å². The third kappa shape index (κ3) is 1.43. The van der Waals surface area contributed by atoms with Gasteiger partial charge in [-0.15, -0.1) is 6.58 Å². The SMILES string of the molecule is C=CCN1CC[C@@]23C4C5=C(O)C=CC4C[C@@H]1[C@]2(O)CCC(=O)[C@@H]3O5. The van der Waals surface area contributed by atoms with Crippen LogP contribution in [0, 0.1) is 17.3 Å². The maximum Gasteiger partial charge on any atom is 0.174 e. The summed E-state index contributed by atoms with van der Waals surface area (Å²) in [6.07, 6.45) is 7.40. The number of hydrogen-bond donors (Lipinski definition) is 2. The number of hydrogen-bond acceptors (Lipinski definition) is 5. The molecular weight excluding hydrogens is 306 g/mol. The summed E-state index contributed by atoms with van der Waals surface area (Å²) in [5.41, 5.74) is -1.54. The molecule has 0 aromatic carbocycles. The van der Waals surface area contributed by atoms with E-state index in [9.17, 15) is 15.0 Å². The van der Waals surface area contributed by atoms with Gasteiger partial charge in [0.25, 0.3) is 0 Å². The molecule has 5 rings (SSSR count). The lowest BCUT2D eigenvalue weighted by Gasteiger charge is -2.65. The highest BCUT2D eigenvalue weighted by Gasteiger charge is 2.76. The summed E-state index contributed by atoms with van der Waals surface area (Å²) in [5.74, 6) is 0.860. The van der Waals surface area contributed by atoms with Gasteiger partial charge in [-0.05, 0) is 37.8 Å². The Morgan fingerprint density at radius 1 is 1.46 bits per heavy atom. The molecule has 128 valence electrons. The van der Waals surface area contributed by atoms with E-state index in [0.717, 1.165) is 25.9 Å². The standard InChI is InChI=1S/C19H23NO4/c1-2-8-20-9-7-18-15-11-3-4-12(21)16(15)24-17(18)13(22)5-6-19(18,23)14(20)10-11/h2-4,11,14-15,17,21,23H,1,5-10H2/t11?,14-,15?,17+,18+,19-/m1/s1. The van der Waals surface area contributed by atoms with E-state index in [1.165, 1.54) is 0 Å². The lowest BCUT2D eigenvalue weighted by Crippen LogP contribution is -2.76. The summed E-state index contributed by atoms with van der Waals surface area (Å²) in [4.78, 5) is 15.0.